The standard InChI is InChI=1S/C15H22N2OS/c1-11(7-8-19-4)17(3)15-9-13(10-16)5-6-14(15)12(2)18/h5-6,9,11-12,18H,7-8H2,1-4H3/t11?,12-/m1/s1. The number of nitriles is 1. The van der Waals surface area contributed by atoms with Gasteiger partial charge in [0.15, 0.2) is 0 Å². The molecule has 1 N–H and O–H groups in total. The number of rotatable bonds is 6. The molecule has 0 radical (unpaired) electrons. The van der Waals surface area contributed by atoms with Gasteiger partial charge in [0, 0.05) is 24.3 Å². The summed E-state index contributed by atoms with van der Waals surface area (Å²) in [4.78, 5) is 2.15. The van der Waals surface area contributed by atoms with Gasteiger partial charge in [-0.05, 0) is 44.4 Å². The average Bonchev–Trinajstić information content (AvgIpc) is 2.42. The highest BCUT2D eigenvalue weighted by molar-refractivity contribution is 7.98. The molecule has 0 aliphatic carbocycles. The van der Waals surface area contributed by atoms with E-state index >= 15 is 0 Å². The monoisotopic (exact) mass is 278 g/mol. The fourth-order valence-corrected chi connectivity index (χ4v) is 2.57. The fraction of sp³-hybridized carbons (Fsp3) is 0.533. The van der Waals surface area contributed by atoms with E-state index in [1.54, 1.807) is 13.0 Å². The van der Waals surface area contributed by atoms with Crippen LogP contribution in [0.2, 0.25) is 0 Å². The second-order valence-corrected chi connectivity index (χ2v) is 5.79. The molecule has 0 aliphatic heterocycles. The summed E-state index contributed by atoms with van der Waals surface area (Å²) < 4.78 is 0. The van der Waals surface area contributed by atoms with E-state index in [9.17, 15) is 5.11 Å². The van der Waals surface area contributed by atoms with Crippen molar-refractivity contribution in [2.24, 2.45) is 0 Å². The van der Waals surface area contributed by atoms with Gasteiger partial charge >= 0.3 is 0 Å². The van der Waals surface area contributed by atoms with Crippen molar-refractivity contribution in [2.75, 3.05) is 24.0 Å². The third-order valence-corrected chi connectivity index (χ3v) is 4.03. The number of nitrogens with zero attached hydrogens (tertiary/aromatic N) is 2. The third-order valence-electron chi connectivity index (χ3n) is 3.39. The largest absolute Gasteiger partial charge is 0.389 e. The second kappa shape index (κ2) is 7.42. The molecule has 1 aromatic carbocycles. The molecule has 0 saturated heterocycles. The number of benzene rings is 1. The molecule has 2 atom stereocenters. The lowest BCUT2D eigenvalue weighted by Gasteiger charge is -2.30. The lowest BCUT2D eigenvalue weighted by atomic mass is 10.0. The van der Waals surface area contributed by atoms with Crippen LogP contribution < -0.4 is 4.90 Å². The molecule has 1 unspecified atom stereocenters. The Morgan fingerprint density at radius 1 is 1.42 bits per heavy atom. The summed E-state index contributed by atoms with van der Waals surface area (Å²) in [5, 5.41) is 18.9. The van der Waals surface area contributed by atoms with Crippen LogP contribution in [-0.2, 0) is 0 Å². The Morgan fingerprint density at radius 2 is 2.11 bits per heavy atom. The van der Waals surface area contributed by atoms with Crippen LogP contribution in [0.15, 0.2) is 18.2 Å². The van der Waals surface area contributed by atoms with Crippen LogP contribution in [-0.4, -0.2) is 30.2 Å². The molecule has 3 nitrogen and oxygen atoms in total. The van der Waals surface area contributed by atoms with E-state index in [1.165, 1.54) is 0 Å². The highest BCUT2D eigenvalue weighted by atomic mass is 32.2. The molecule has 19 heavy (non-hydrogen) atoms. The van der Waals surface area contributed by atoms with Gasteiger partial charge in [-0.25, -0.2) is 0 Å². The summed E-state index contributed by atoms with van der Waals surface area (Å²) in [6.45, 7) is 3.92. The molecular weight excluding hydrogens is 256 g/mol. The van der Waals surface area contributed by atoms with Gasteiger partial charge in [0.25, 0.3) is 0 Å². The van der Waals surface area contributed by atoms with E-state index in [0.29, 0.717) is 11.6 Å². The SMILES string of the molecule is CSCCC(C)N(C)c1cc(C#N)ccc1[C@@H](C)O. The van der Waals surface area contributed by atoms with Crippen molar-refractivity contribution in [1.82, 2.24) is 0 Å². The quantitative estimate of drug-likeness (QED) is 0.868. The number of anilines is 1. The Bertz CT molecular complexity index is 454. The summed E-state index contributed by atoms with van der Waals surface area (Å²) in [7, 11) is 2.02. The van der Waals surface area contributed by atoms with E-state index in [-0.39, 0.29) is 0 Å². The molecule has 0 aromatic heterocycles. The molecule has 1 aromatic rings. The van der Waals surface area contributed by atoms with E-state index in [1.807, 2.05) is 30.9 Å². The van der Waals surface area contributed by atoms with Crippen molar-refractivity contribution < 1.29 is 5.11 Å². The number of hydrogen-bond donors (Lipinski definition) is 1. The second-order valence-electron chi connectivity index (χ2n) is 4.80. The summed E-state index contributed by atoms with van der Waals surface area (Å²) in [6.07, 6.45) is 2.65. The molecule has 0 saturated carbocycles. The molecule has 0 spiro atoms. The van der Waals surface area contributed by atoms with Crippen molar-refractivity contribution >= 4 is 17.4 Å². The number of hydrogen-bond acceptors (Lipinski definition) is 4. The maximum Gasteiger partial charge on any atom is 0.0992 e. The predicted molar refractivity (Wildman–Crippen MR) is 82.7 cm³/mol. The lowest BCUT2D eigenvalue weighted by molar-refractivity contribution is 0.199. The molecule has 4 heteroatoms. The lowest BCUT2D eigenvalue weighted by Crippen LogP contribution is -2.30. The maximum atomic E-state index is 9.86. The van der Waals surface area contributed by atoms with Gasteiger partial charge in [-0.2, -0.15) is 17.0 Å². The smallest absolute Gasteiger partial charge is 0.0992 e. The Balaban J connectivity index is 3.05. The minimum atomic E-state index is -0.530. The summed E-state index contributed by atoms with van der Waals surface area (Å²) >= 11 is 1.83. The van der Waals surface area contributed by atoms with Gasteiger partial charge in [0.05, 0.1) is 17.7 Å². The first-order valence-corrected chi connectivity index (χ1v) is 7.84. The Labute approximate surface area is 120 Å². The van der Waals surface area contributed by atoms with Gasteiger partial charge in [-0.15, -0.1) is 0 Å². The van der Waals surface area contributed by atoms with E-state index in [0.717, 1.165) is 23.4 Å². The number of thioether (sulfide) groups is 1. The zero-order chi connectivity index (χ0) is 14.4. The average molecular weight is 278 g/mol. The van der Waals surface area contributed by atoms with E-state index in [2.05, 4.69) is 24.1 Å². The fourth-order valence-electron chi connectivity index (χ4n) is 1.99. The minimum Gasteiger partial charge on any atom is -0.389 e. The summed E-state index contributed by atoms with van der Waals surface area (Å²) in [5.41, 5.74) is 2.45. The van der Waals surface area contributed by atoms with Crippen molar-refractivity contribution in [3.63, 3.8) is 0 Å². The minimum absolute atomic E-state index is 0.374. The number of aliphatic hydroxyl groups is 1. The maximum absolute atomic E-state index is 9.86. The van der Waals surface area contributed by atoms with Crippen LogP contribution in [0.4, 0.5) is 5.69 Å². The van der Waals surface area contributed by atoms with Crippen molar-refractivity contribution in [2.45, 2.75) is 32.4 Å². The van der Waals surface area contributed by atoms with Crippen LogP contribution in [0.5, 0.6) is 0 Å². The van der Waals surface area contributed by atoms with Crippen molar-refractivity contribution in [1.29, 1.82) is 5.26 Å². The van der Waals surface area contributed by atoms with Crippen LogP contribution >= 0.6 is 11.8 Å². The molecule has 0 fully saturated rings. The molecule has 0 aliphatic rings. The first kappa shape index (κ1) is 15.9. The highest BCUT2D eigenvalue weighted by Crippen LogP contribution is 2.28. The summed E-state index contributed by atoms with van der Waals surface area (Å²) in [6, 6.07) is 7.99. The van der Waals surface area contributed by atoms with Gasteiger partial charge in [0.1, 0.15) is 0 Å². The van der Waals surface area contributed by atoms with E-state index in [4.69, 9.17) is 5.26 Å². The first-order valence-electron chi connectivity index (χ1n) is 6.45. The van der Waals surface area contributed by atoms with Crippen LogP contribution in [0, 0.1) is 11.3 Å². The Hall–Kier alpha value is -1.18. The predicted octanol–water partition coefficient (Wildman–Crippen LogP) is 3.19. The Morgan fingerprint density at radius 3 is 2.63 bits per heavy atom. The van der Waals surface area contributed by atoms with Crippen molar-refractivity contribution in [3.05, 3.63) is 29.3 Å². The van der Waals surface area contributed by atoms with E-state index < -0.39 is 6.10 Å². The van der Waals surface area contributed by atoms with Gasteiger partial charge in [-0.3, -0.25) is 0 Å². The molecule has 0 heterocycles. The molecular formula is C15H22N2OS. The zero-order valence-electron chi connectivity index (χ0n) is 12.1. The summed E-state index contributed by atoms with van der Waals surface area (Å²) in [5.74, 6) is 1.10. The molecule has 104 valence electrons. The van der Waals surface area contributed by atoms with Gasteiger partial charge in [0.2, 0.25) is 0 Å². The molecule has 0 amide bonds. The highest BCUT2D eigenvalue weighted by Gasteiger charge is 2.16. The normalized spacial score (nSPS) is 13.7. The first-order chi connectivity index (χ1) is 9.01. The number of aliphatic hydroxyl groups excluding tert-OH is 1. The molecule has 0 bridgehead atoms. The van der Waals surface area contributed by atoms with Crippen LogP contribution in [0.1, 0.15) is 37.5 Å². The zero-order valence-corrected chi connectivity index (χ0v) is 12.9. The van der Waals surface area contributed by atoms with Gasteiger partial charge in [-0.1, -0.05) is 6.07 Å². The van der Waals surface area contributed by atoms with Crippen LogP contribution in [0.3, 0.4) is 0 Å². The Kier molecular flexibility index (Phi) is 6.20. The third kappa shape index (κ3) is 4.15. The van der Waals surface area contributed by atoms with Crippen molar-refractivity contribution in [3.8, 4) is 6.07 Å². The van der Waals surface area contributed by atoms with Gasteiger partial charge < -0.3 is 10.0 Å². The molecule has 1 rings (SSSR count). The topological polar surface area (TPSA) is 47.3 Å². The van der Waals surface area contributed by atoms with Crippen LogP contribution in [0.25, 0.3) is 0 Å².